The first-order valence-corrected chi connectivity index (χ1v) is 6.94. The van der Waals surface area contributed by atoms with Crippen molar-refractivity contribution in [1.29, 1.82) is 0 Å². The highest BCUT2D eigenvalue weighted by Crippen LogP contribution is 2.26. The third kappa shape index (κ3) is 6.79. The first-order chi connectivity index (χ1) is 8.83. The van der Waals surface area contributed by atoms with Crippen LogP contribution in [-0.2, 0) is 4.79 Å². The second-order valence-electron chi connectivity index (χ2n) is 5.35. The monoisotopic (exact) mass is 316 g/mol. The van der Waals surface area contributed by atoms with E-state index >= 15 is 0 Å². The number of carbonyl (C=O) groups is 1. The first kappa shape index (κ1) is 19.5. The minimum atomic E-state index is -4.33. The summed E-state index contributed by atoms with van der Waals surface area (Å²) in [4.78, 5) is 13.2. The molecule has 0 bridgehead atoms. The molecule has 0 saturated heterocycles. The Morgan fingerprint density at radius 1 is 1.35 bits per heavy atom. The summed E-state index contributed by atoms with van der Waals surface area (Å²) in [6.45, 7) is 0.935. The third-order valence-corrected chi connectivity index (χ3v) is 3.53. The lowest BCUT2D eigenvalue weighted by Crippen LogP contribution is -2.45. The van der Waals surface area contributed by atoms with Crippen molar-refractivity contribution in [3.8, 4) is 0 Å². The lowest BCUT2D eigenvalue weighted by Gasteiger charge is -2.32. The zero-order valence-electron chi connectivity index (χ0n) is 11.8. The van der Waals surface area contributed by atoms with Gasteiger partial charge in [0.05, 0.1) is 0 Å². The highest BCUT2D eigenvalue weighted by Gasteiger charge is 2.36. The van der Waals surface area contributed by atoms with Crippen molar-refractivity contribution in [2.75, 3.05) is 13.1 Å². The van der Waals surface area contributed by atoms with Gasteiger partial charge in [-0.3, -0.25) is 4.79 Å². The van der Waals surface area contributed by atoms with E-state index in [1.807, 2.05) is 6.92 Å². The Balaban J connectivity index is 0.00000361. The number of nitrogens with two attached hydrogens (primary N) is 1. The third-order valence-electron chi connectivity index (χ3n) is 3.53. The number of hydrogen-bond acceptors (Lipinski definition) is 2. The van der Waals surface area contributed by atoms with Gasteiger partial charge in [0, 0.05) is 18.5 Å². The maximum Gasteiger partial charge on any atom is 0.406 e. The second kappa shape index (κ2) is 8.72. The summed E-state index contributed by atoms with van der Waals surface area (Å²) >= 11 is 0. The fourth-order valence-corrected chi connectivity index (χ4v) is 2.54. The van der Waals surface area contributed by atoms with E-state index in [1.165, 1.54) is 0 Å². The minimum absolute atomic E-state index is 0. The number of nitrogens with zero attached hydrogens (tertiary/aromatic N) is 1. The van der Waals surface area contributed by atoms with Crippen LogP contribution in [-0.4, -0.2) is 36.1 Å². The van der Waals surface area contributed by atoms with E-state index in [9.17, 15) is 18.0 Å². The SMILES string of the molecule is CCCCN(CC(F)(F)F)C(=O)C1CCCC(N)C1.Cl. The summed E-state index contributed by atoms with van der Waals surface area (Å²) in [6, 6.07) is -0.0541. The zero-order chi connectivity index (χ0) is 14.5. The van der Waals surface area contributed by atoms with E-state index in [0.29, 0.717) is 19.3 Å². The molecule has 120 valence electrons. The van der Waals surface area contributed by atoms with Crippen LogP contribution >= 0.6 is 12.4 Å². The number of alkyl halides is 3. The van der Waals surface area contributed by atoms with Gasteiger partial charge < -0.3 is 10.6 Å². The van der Waals surface area contributed by atoms with E-state index in [0.717, 1.165) is 24.2 Å². The predicted molar refractivity (Wildman–Crippen MR) is 74.7 cm³/mol. The van der Waals surface area contributed by atoms with Gasteiger partial charge in [-0.1, -0.05) is 19.8 Å². The van der Waals surface area contributed by atoms with Crippen LogP contribution in [0.3, 0.4) is 0 Å². The average Bonchev–Trinajstić information content (AvgIpc) is 2.32. The topological polar surface area (TPSA) is 46.3 Å². The molecule has 0 spiro atoms. The molecule has 0 aliphatic heterocycles. The second-order valence-corrected chi connectivity index (χ2v) is 5.35. The van der Waals surface area contributed by atoms with Crippen molar-refractivity contribution in [3.63, 3.8) is 0 Å². The normalized spacial score (nSPS) is 23.1. The molecule has 1 aliphatic rings. The standard InChI is InChI=1S/C13H23F3N2O.ClH/c1-2-3-7-18(9-13(14,15)16)12(19)10-5-4-6-11(17)8-10;/h10-11H,2-9,17H2,1H3;1H. The molecular formula is C13H24ClF3N2O. The highest BCUT2D eigenvalue weighted by atomic mass is 35.5. The Morgan fingerprint density at radius 3 is 2.50 bits per heavy atom. The van der Waals surface area contributed by atoms with E-state index in [-0.39, 0.29) is 36.8 Å². The molecule has 0 aromatic carbocycles. The summed E-state index contributed by atoms with van der Waals surface area (Å²) in [5, 5.41) is 0. The number of halogens is 4. The Kier molecular flexibility index (Phi) is 8.51. The molecule has 20 heavy (non-hydrogen) atoms. The molecule has 0 radical (unpaired) electrons. The van der Waals surface area contributed by atoms with Crippen LogP contribution in [0, 0.1) is 5.92 Å². The number of carbonyl (C=O) groups excluding carboxylic acids is 1. The van der Waals surface area contributed by atoms with Gasteiger partial charge in [0.1, 0.15) is 6.54 Å². The van der Waals surface area contributed by atoms with E-state index in [1.54, 1.807) is 0 Å². The zero-order valence-corrected chi connectivity index (χ0v) is 12.6. The van der Waals surface area contributed by atoms with Crippen molar-refractivity contribution in [2.45, 2.75) is 57.7 Å². The average molecular weight is 317 g/mol. The van der Waals surface area contributed by atoms with Crippen molar-refractivity contribution in [2.24, 2.45) is 11.7 Å². The molecule has 7 heteroatoms. The maximum absolute atomic E-state index is 12.5. The Bertz CT molecular complexity index is 300. The molecule has 3 nitrogen and oxygen atoms in total. The van der Waals surface area contributed by atoms with Gasteiger partial charge in [0.25, 0.3) is 0 Å². The molecule has 1 saturated carbocycles. The lowest BCUT2D eigenvalue weighted by atomic mass is 9.85. The van der Waals surface area contributed by atoms with Gasteiger partial charge in [-0.05, 0) is 25.7 Å². The van der Waals surface area contributed by atoms with Crippen molar-refractivity contribution >= 4 is 18.3 Å². The van der Waals surface area contributed by atoms with Gasteiger partial charge in [-0.15, -0.1) is 12.4 Å². The predicted octanol–water partition coefficient (Wildman–Crippen LogP) is 3.12. The number of hydrogen-bond donors (Lipinski definition) is 1. The summed E-state index contributed by atoms with van der Waals surface area (Å²) in [6.07, 6.45) is -0.109. The molecule has 0 aromatic rings. The molecule has 2 atom stereocenters. The van der Waals surface area contributed by atoms with E-state index in [4.69, 9.17) is 5.73 Å². The van der Waals surface area contributed by atoms with Gasteiger partial charge in [0.2, 0.25) is 5.91 Å². The summed E-state index contributed by atoms with van der Waals surface area (Å²) in [7, 11) is 0. The summed E-state index contributed by atoms with van der Waals surface area (Å²) in [5.74, 6) is -0.705. The first-order valence-electron chi connectivity index (χ1n) is 6.94. The smallest absolute Gasteiger partial charge is 0.333 e. The number of unbranched alkanes of at least 4 members (excludes halogenated alkanes) is 1. The molecule has 0 aromatic heterocycles. The molecule has 1 aliphatic carbocycles. The Morgan fingerprint density at radius 2 is 2.00 bits per heavy atom. The molecule has 2 N–H and O–H groups in total. The Hall–Kier alpha value is -0.490. The van der Waals surface area contributed by atoms with Crippen molar-refractivity contribution in [3.05, 3.63) is 0 Å². The Labute approximate surface area is 124 Å². The molecule has 2 unspecified atom stereocenters. The number of rotatable bonds is 5. The largest absolute Gasteiger partial charge is 0.406 e. The fraction of sp³-hybridized carbons (Fsp3) is 0.923. The van der Waals surface area contributed by atoms with E-state index in [2.05, 4.69) is 0 Å². The molecule has 1 amide bonds. The van der Waals surface area contributed by atoms with Crippen LogP contribution in [0.15, 0.2) is 0 Å². The van der Waals surface area contributed by atoms with Crippen LogP contribution in [0.2, 0.25) is 0 Å². The fourth-order valence-electron chi connectivity index (χ4n) is 2.54. The van der Waals surface area contributed by atoms with Crippen molar-refractivity contribution in [1.82, 2.24) is 4.90 Å². The van der Waals surface area contributed by atoms with Crippen LogP contribution in [0.4, 0.5) is 13.2 Å². The quantitative estimate of drug-likeness (QED) is 0.847. The van der Waals surface area contributed by atoms with Crippen molar-refractivity contribution < 1.29 is 18.0 Å². The summed E-state index contributed by atoms with van der Waals surface area (Å²) < 4.78 is 37.6. The maximum atomic E-state index is 12.5. The molecule has 0 heterocycles. The van der Waals surface area contributed by atoms with Crippen LogP contribution < -0.4 is 5.73 Å². The highest BCUT2D eigenvalue weighted by molar-refractivity contribution is 5.85. The summed E-state index contributed by atoms with van der Waals surface area (Å²) in [5.41, 5.74) is 5.80. The number of amides is 1. The van der Waals surface area contributed by atoms with Gasteiger partial charge >= 0.3 is 6.18 Å². The van der Waals surface area contributed by atoms with E-state index < -0.39 is 12.7 Å². The van der Waals surface area contributed by atoms with Gasteiger partial charge in [0.15, 0.2) is 0 Å². The minimum Gasteiger partial charge on any atom is -0.333 e. The van der Waals surface area contributed by atoms with Crippen LogP contribution in [0.25, 0.3) is 0 Å². The lowest BCUT2D eigenvalue weighted by molar-refractivity contribution is -0.164. The molecule has 1 fully saturated rings. The van der Waals surface area contributed by atoms with Crippen LogP contribution in [0.1, 0.15) is 45.4 Å². The van der Waals surface area contributed by atoms with Gasteiger partial charge in [-0.2, -0.15) is 13.2 Å². The molecule has 1 rings (SSSR count). The molecular weight excluding hydrogens is 293 g/mol. The van der Waals surface area contributed by atoms with Crippen LogP contribution in [0.5, 0.6) is 0 Å². The van der Waals surface area contributed by atoms with Gasteiger partial charge in [-0.25, -0.2) is 0 Å².